The van der Waals surface area contributed by atoms with Crippen LogP contribution in [-0.4, -0.2) is 37.4 Å². The van der Waals surface area contributed by atoms with Gasteiger partial charge in [-0.15, -0.1) is 0 Å². The topological polar surface area (TPSA) is 65.1 Å². The maximum atomic E-state index is 11.8. The van der Waals surface area contributed by atoms with E-state index >= 15 is 0 Å². The standard InChI is InChI=1S/C12H18O5/c1-3-15-11(13)7-5-9-10(17-9)6-8(7)12(14)16-4-2/h7-10H,3-6H2,1-2H3/t7-,8-,9+,10+/m1/s1. The largest absolute Gasteiger partial charge is 0.466 e. The molecule has 0 spiro atoms. The molecule has 2 rings (SSSR count). The van der Waals surface area contributed by atoms with Crippen LogP contribution in [0, 0.1) is 11.8 Å². The molecule has 1 saturated heterocycles. The average Bonchev–Trinajstić information content (AvgIpc) is 3.06. The Kier molecular flexibility index (Phi) is 3.66. The van der Waals surface area contributed by atoms with Crippen LogP contribution in [0.1, 0.15) is 26.7 Å². The second kappa shape index (κ2) is 5.04. The molecule has 0 bridgehead atoms. The minimum atomic E-state index is -0.405. The fourth-order valence-electron chi connectivity index (χ4n) is 2.44. The van der Waals surface area contributed by atoms with Gasteiger partial charge in [0.1, 0.15) is 0 Å². The van der Waals surface area contributed by atoms with Gasteiger partial charge in [-0.3, -0.25) is 9.59 Å². The summed E-state index contributed by atoms with van der Waals surface area (Å²) >= 11 is 0. The van der Waals surface area contributed by atoms with Gasteiger partial charge in [0.05, 0.1) is 37.3 Å². The molecular weight excluding hydrogens is 224 g/mol. The smallest absolute Gasteiger partial charge is 0.309 e. The van der Waals surface area contributed by atoms with Crippen LogP contribution < -0.4 is 0 Å². The predicted molar refractivity (Wildman–Crippen MR) is 58.1 cm³/mol. The summed E-state index contributed by atoms with van der Waals surface area (Å²) < 4.78 is 15.4. The maximum Gasteiger partial charge on any atom is 0.309 e. The van der Waals surface area contributed by atoms with Crippen LogP contribution in [0.15, 0.2) is 0 Å². The molecule has 2 aliphatic rings. The molecule has 1 aliphatic carbocycles. The molecule has 5 nitrogen and oxygen atoms in total. The Morgan fingerprint density at radius 1 is 1.00 bits per heavy atom. The van der Waals surface area contributed by atoms with E-state index < -0.39 is 11.8 Å². The van der Waals surface area contributed by atoms with Crippen LogP contribution in [0.2, 0.25) is 0 Å². The summed E-state index contributed by atoms with van der Waals surface area (Å²) in [6, 6.07) is 0. The van der Waals surface area contributed by atoms with Gasteiger partial charge in [0.15, 0.2) is 0 Å². The molecule has 0 N–H and O–H groups in total. The van der Waals surface area contributed by atoms with Gasteiger partial charge in [0, 0.05) is 0 Å². The molecule has 1 heterocycles. The summed E-state index contributed by atoms with van der Waals surface area (Å²) in [5.74, 6) is -1.42. The number of fused-ring (bicyclic) bond motifs is 1. The highest BCUT2D eigenvalue weighted by Crippen LogP contribution is 2.43. The summed E-state index contributed by atoms with van der Waals surface area (Å²) in [5.41, 5.74) is 0. The van der Waals surface area contributed by atoms with Crippen molar-refractivity contribution in [3.05, 3.63) is 0 Å². The lowest BCUT2D eigenvalue weighted by molar-refractivity contribution is -0.161. The van der Waals surface area contributed by atoms with E-state index in [-0.39, 0.29) is 24.1 Å². The number of carbonyl (C=O) groups excluding carboxylic acids is 2. The van der Waals surface area contributed by atoms with Gasteiger partial charge in [0.25, 0.3) is 0 Å². The highest BCUT2D eigenvalue weighted by Gasteiger charge is 2.53. The number of hydrogen-bond donors (Lipinski definition) is 0. The fourth-order valence-corrected chi connectivity index (χ4v) is 2.44. The molecule has 2 fully saturated rings. The van der Waals surface area contributed by atoms with Gasteiger partial charge < -0.3 is 14.2 Å². The first-order valence-corrected chi connectivity index (χ1v) is 6.16. The SMILES string of the molecule is CCOC(=O)[C@@H]1C[C@@H]2O[C@H]2C[C@H]1C(=O)OCC. The van der Waals surface area contributed by atoms with E-state index in [4.69, 9.17) is 14.2 Å². The third-order valence-corrected chi connectivity index (χ3v) is 3.32. The zero-order chi connectivity index (χ0) is 12.4. The van der Waals surface area contributed by atoms with Gasteiger partial charge in [-0.25, -0.2) is 0 Å². The first-order valence-electron chi connectivity index (χ1n) is 6.16. The number of esters is 2. The van der Waals surface area contributed by atoms with Gasteiger partial charge in [0.2, 0.25) is 0 Å². The molecular formula is C12H18O5. The van der Waals surface area contributed by atoms with E-state index in [2.05, 4.69) is 0 Å². The monoisotopic (exact) mass is 242 g/mol. The van der Waals surface area contributed by atoms with Gasteiger partial charge >= 0.3 is 11.9 Å². The lowest BCUT2D eigenvalue weighted by Gasteiger charge is -2.25. The zero-order valence-corrected chi connectivity index (χ0v) is 10.2. The molecule has 1 saturated carbocycles. The molecule has 0 aromatic carbocycles. The first kappa shape index (κ1) is 12.4. The Morgan fingerprint density at radius 3 is 1.76 bits per heavy atom. The Labute approximate surface area is 100 Å². The molecule has 0 aromatic rings. The summed E-state index contributed by atoms with van der Waals surface area (Å²) in [6.07, 6.45) is 1.42. The molecule has 4 atom stereocenters. The van der Waals surface area contributed by atoms with E-state index in [1.807, 2.05) is 0 Å². The molecule has 96 valence electrons. The van der Waals surface area contributed by atoms with Gasteiger partial charge in [-0.2, -0.15) is 0 Å². The van der Waals surface area contributed by atoms with Crippen molar-refractivity contribution in [3.8, 4) is 0 Å². The second-order valence-electron chi connectivity index (χ2n) is 4.40. The third kappa shape index (κ3) is 2.60. The van der Waals surface area contributed by atoms with Crippen molar-refractivity contribution in [2.75, 3.05) is 13.2 Å². The lowest BCUT2D eigenvalue weighted by atomic mass is 9.79. The van der Waals surface area contributed by atoms with Crippen LogP contribution in [0.5, 0.6) is 0 Å². The molecule has 0 unspecified atom stereocenters. The summed E-state index contributed by atoms with van der Waals surface area (Å²) in [4.78, 5) is 23.6. The molecule has 1 aliphatic heterocycles. The Hall–Kier alpha value is -1.10. The number of ether oxygens (including phenoxy) is 3. The van der Waals surface area contributed by atoms with Crippen molar-refractivity contribution in [2.24, 2.45) is 11.8 Å². The highest BCUT2D eigenvalue weighted by atomic mass is 16.6. The average molecular weight is 242 g/mol. The van der Waals surface area contributed by atoms with E-state index in [1.54, 1.807) is 13.8 Å². The predicted octanol–water partition coefficient (Wildman–Crippen LogP) is 0.906. The van der Waals surface area contributed by atoms with Crippen LogP contribution >= 0.6 is 0 Å². The first-order chi connectivity index (χ1) is 8.17. The highest BCUT2D eigenvalue weighted by molar-refractivity contribution is 5.82. The van der Waals surface area contributed by atoms with Gasteiger partial charge in [-0.1, -0.05) is 0 Å². The summed E-state index contributed by atoms with van der Waals surface area (Å²) in [5, 5.41) is 0. The summed E-state index contributed by atoms with van der Waals surface area (Å²) in [7, 11) is 0. The van der Waals surface area contributed by atoms with Gasteiger partial charge in [-0.05, 0) is 26.7 Å². The quantitative estimate of drug-likeness (QED) is 0.541. The van der Waals surface area contributed by atoms with Crippen molar-refractivity contribution < 1.29 is 23.8 Å². The van der Waals surface area contributed by atoms with Crippen molar-refractivity contribution in [1.29, 1.82) is 0 Å². The van der Waals surface area contributed by atoms with Crippen molar-refractivity contribution >= 4 is 11.9 Å². The van der Waals surface area contributed by atoms with Crippen LogP contribution in [0.4, 0.5) is 0 Å². The second-order valence-corrected chi connectivity index (χ2v) is 4.40. The number of epoxide rings is 1. The maximum absolute atomic E-state index is 11.8. The number of hydrogen-bond acceptors (Lipinski definition) is 5. The van der Waals surface area contributed by atoms with Crippen molar-refractivity contribution in [3.63, 3.8) is 0 Å². The molecule has 5 heteroatoms. The number of rotatable bonds is 4. The lowest BCUT2D eigenvalue weighted by Crippen LogP contribution is -2.37. The van der Waals surface area contributed by atoms with Crippen LogP contribution in [0.3, 0.4) is 0 Å². The van der Waals surface area contributed by atoms with Crippen LogP contribution in [-0.2, 0) is 23.8 Å². The van der Waals surface area contributed by atoms with Crippen LogP contribution in [0.25, 0.3) is 0 Å². The molecule has 0 amide bonds. The Balaban J connectivity index is 2.03. The van der Waals surface area contributed by atoms with E-state index in [0.29, 0.717) is 26.1 Å². The fraction of sp³-hybridized carbons (Fsp3) is 0.833. The normalized spacial score (nSPS) is 34.7. The van der Waals surface area contributed by atoms with E-state index in [1.165, 1.54) is 0 Å². The summed E-state index contributed by atoms with van der Waals surface area (Å²) in [6.45, 7) is 4.19. The van der Waals surface area contributed by atoms with Crippen molar-refractivity contribution in [2.45, 2.75) is 38.9 Å². The van der Waals surface area contributed by atoms with E-state index in [0.717, 1.165) is 0 Å². The molecule has 17 heavy (non-hydrogen) atoms. The zero-order valence-electron chi connectivity index (χ0n) is 10.2. The van der Waals surface area contributed by atoms with E-state index in [9.17, 15) is 9.59 Å². The Bertz CT molecular complexity index is 284. The number of carbonyl (C=O) groups is 2. The minimum absolute atomic E-state index is 0.134. The molecule has 0 aromatic heterocycles. The third-order valence-electron chi connectivity index (χ3n) is 3.32. The molecule has 0 radical (unpaired) electrons. The minimum Gasteiger partial charge on any atom is -0.466 e. The van der Waals surface area contributed by atoms with Crippen molar-refractivity contribution in [1.82, 2.24) is 0 Å². The Morgan fingerprint density at radius 2 is 1.41 bits per heavy atom.